The molecule has 30 heavy (non-hydrogen) atoms. The van der Waals surface area contributed by atoms with Crippen molar-refractivity contribution in [3.63, 3.8) is 0 Å². The Morgan fingerprint density at radius 3 is 2.67 bits per heavy atom. The number of aromatic nitrogens is 2. The molecule has 0 saturated carbocycles. The van der Waals surface area contributed by atoms with E-state index < -0.39 is 0 Å². The van der Waals surface area contributed by atoms with Crippen LogP contribution in [0, 0.1) is 27.7 Å². The van der Waals surface area contributed by atoms with Crippen LogP contribution in [-0.4, -0.2) is 41.0 Å². The van der Waals surface area contributed by atoms with E-state index in [4.69, 9.17) is 4.98 Å². The third-order valence-electron chi connectivity index (χ3n) is 5.92. The van der Waals surface area contributed by atoms with Crippen LogP contribution in [0.25, 0.3) is 5.65 Å². The minimum atomic E-state index is -0.230. The first-order chi connectivity index (χ1) is 14.4. The summed E-state index contributed by atoms with van der Waals surface area (Å²) >= 11 is 0. The Hall–Kier alpha value is -2.90. The molecule has 3 heterocycles. The minimum absolute atomic E-state index is 0.0308. The molecule has 0 unspecified atom stereocenters. The van der Waals surface area contributed by atoms with Crippen LogP contribution in [0.5, 0.6) is 0 Å². The first kappa shape index (κ1) is 20.4. The quantitative estimate of drug-likeness (QED) is 0.524. The highest BCUT2D eigenvalue weighted by Crippen LogP contribution is 2.26. The molecule has 1 amide bonds. The average molecular weight is 407 g/mol. The Kier molecular flexibility index (Phi) is 5.74. The van der Waals surface area contributed by atoms with Crippen molar-refractivity contribution in [3.05, 3.63) is 58.5 Å². The molecule has 4 N–H and O–H groups in total. The normalized spacial score (nSPS) is 16.6. The fourth-order valence-electron chi connectivity index (χ4n) is 3.95. The van der Waals surface area contributed by atoms with E-state index in [9.17, 15) is 4.79 Å². The van der Waals surface area contributed by atoms with Crippen LogP contribution < -0.4 is 21.3 Å². The summed E-state index contributed by atoms with van der Waals surface area (Å²) < 4.78 is 2.05. The molecule has 4 rings (SSSR count). The summed E-state index contributed by atoms with van der Waals surface area (Å²) in [5, 5.41) is 13.1. The van der Waals surface area contributed by atoms with Crippen molar-refractivity contribution in [2.24, 2.45) is 0 Å². The second-order valence-corrected chi connectivity index (χ2v) is 8.04. The predicted molar refractivity (Wildman–Crippen MR) is 121 cm³/mol. The Morgan fingerprint density at radius 1 is 1.20 bits per heavy atom. The lowest BCUT2D eigenvalue weighted by Gasteiger charge is -2.23. The van der Waals surface area contributed by atoms with Gasteiger partial charge in [-0.1, -0.05) is 18.2 Å². The molecule has 1 saturated heterocycles. The number of carbonyl (C=O) groups is 1. The maximum absolute atomic E-state index is 12.7. The van der Waals surface area contributed by atoms with Crippen LogP contribution >= 0.6 is 0 Å². The first-order valence-electron chi connectivity index (χ1n) is 10.5. The van der Waals surface area contributed by atoms with Crippen LogP contribution in [0.4, 0.5) is 11.4 Å². The van der Waals surface area contributed by atoms with E-state index in [0.717, 1.165) is 41.5 Å². The highest BCUT2D eigenvalue weighted by molar-refractivity contribution is 5.96. The van der Waals surface area contributed by atoms with E-state index in [1.807, 2.05) is 30.5 Å². The van der Waals surface area contributed by atoms with Gasteiger partial charge in [0.1, 0.15) is 0 Å². The largest absolute Gasteiger partial charge is 0.378 e. The number of amides is 1. The summed E-state index contributed by atoms with van der Waals surface area (Å²) in [6.45, 7) is 11.3. The number of carbonyl (C=O) groups excluding carboxylic acids is 1. The molecule has 0 bridgehead atoms. The second kappa shape index (κ2) is 8.45. The van der Waals surface area contributed by atoms with Crippen LogP contribution in [0.3, 0.4) is 0 Å². The fourth-order valence-corrected chi connectivity index (χ4v) is 3.95. The Morgan fingerprint density at radius 2 is 1.97 bits per heavy atom. The van der Waals surface area contributed by atoms with Gasteiger partial charge in [0.15, 0.2) is 5.65 Å². The van der Waals surface area contributed by atoms with Crippen molar-refractivity contribution < 1.29 is 4.79 Å². The molecule has 1 atom stereocenters. The highest BCUT2D eigenvalue weighted by Gasteiger charge is 2.21. The molecular formula is C23H30N6O. The number of imidazole rings is 1. The Bertz CT molecular complexity index is 1060. The second-order valence-electron chi connectivity index (χ2n) is 8.04. The summed E-state index contributed by atoms with van der Waals surface area (Å²) in [6.07, 6.45) is 1.95. The topological polar surface area (TPSA) is 82.5 Å². The van der Waals surface area contributed by atoms with Crippen molar-refractivity contribution in [1.29, 1.82) is 0 Å². The molecule has 3 aromatic rings. The lowest BCUT2D eigenvalue weighted by molar-refractivity contribution is -0.118. The molecular weight excluding hydrogens is 376 g/mol. The Labute approximate surface area is 177 Å². The fraction of sp³-hybridized carbons (Fsp3) is 0.391. The molecule has 0 spiro atoms. The van der Waals surface area contributed by atoms with E-state index in [1.54, 1.807) is 0 Å². The number of piperazine rings is 1. The summed E-state index contributed by atoms with van der Waals surface area (Å²) in [6, 6.07) is 8.09. The van der Waals surface area contributed by atoms with Crippen molar-refractivity contribution in [2.75, 3.05) is 30.3 Å². The SMILES string of the molecule is Cc1cccc(C)c1CNc1cc(NC(=O)[C@@H]2CNCCN2)cn2c(C)c(C)nc12. The summed E-state index contributed by atoms with van der Waals surface area (Å²) in [5.41, 5.74) is 8.37. The monoisotopic (exact) mass is 406 g/mol. The third kappa shape index (κ3) is 4.04. The number of nitrogens with one attached hydrogen (secondary N) is 4. The zero-order valence-corrected chi connectivity index (χ0v) is 18.1. The number of benzene rings is 1. The lowest BCUT2D eigenvalue weighted by Crippen LogP contribution is -2.54. The standard InChI is InChI=1S/C23H30N6O/c1-14-6-5-7-15(2)19(14)11-26-20-10-18(13-29-17(4)16(3)27-22(20)29)28-23(30)21-12-24-8-9-25-21/h5-7,10,13,21,24-26H,8-9,11-12H2,1-4H3,(H,28,30)/t21-/m0/s1. The molecule has 7 nitrogen and oxygen atoms in total. The average Bonchev–Trinajstić information content (AvgIpc) is 3.02. The van der Waals surface area contributed by atoms with Crippen LogP contribution in [0.15, 0.2) is 30.5 Å². The maximum atomic E-state index is 12.7. The molecule has 1 aromatic carbocycles. The van der Waals surface area contributed by atoms with E-state index in [2.05, 4.69) is 53.3 Å². The van der Waals surface area contributed by atoms with Crippen molar-refractivity contribution in [2.45, 2.75) is 40.3 Å². The molecule has 0 radical (unpaired) electrons. The van der Waals surface area contributed by atoms with Gasteiger partial charge in [-0.25, -0.2) is 4.98 Å². The smallest absolute Gasteiger partial charge is 0.242 e. The van der Waals surface area contributed by atoms with Gasteiger partial charge in [0.05, 0.1) is 23.1 Å². The van der Waals surface area contributed by atoms with Gasteiger partial charge < -0.3 is 25.7 Å². The molecule has 0 aliphatic carbocycles. The van der Waals surface area contributed by atoms with E-state index in [0.29, 0.717) is 13.1 Å². The third-order valence-corrected chi connectivity index (χ3v) is 5.92. The van der Waals surface area contributed by atoms with Crippen molar-refractivity contribution >= 4 is 22.9 Å². The molecule has 158 valence electrons. The molecule has 2 aromatic heterocycles. The van der Waals surface area contributed by atoms with Crippen LogP contribution in [0.1, 0.15) is 28.1 Å². The first-order valence-corrected chi connectivity index (χ1v) is 10.5. The number of fused-ring (bicyclic) bond motifs is 1. The molecule has 1 fully saturated rings. The maximum Gasteiger partial charge on any atom is 0.242 e. The van der Waals surface area contributed by atoms with Crippen LogP contribution in [-0.2, 0) is 11.3 Å². The van der Waals surface area contributed by atoms with E-state index in [-0.39, 0.29) is 11.9 Å². The van der Waals surface area contributed by atoms with Gasteiger partial charge in [-0.15, -0.1) is 0 Å². The summed E-state index contributed by atoms with van der Waals surface area (Å²) in [4.78, 5) is 17.5. The zero-order chi connectivity index (χ0) is 21.3. The summed E-state index contributed by atoms with van der Waals surface area (Å²) in [5.74, 6) is -0.0308. The number of anilines is 2. The number of aryl methyl sites for hydroxylation is 4. The van der Waals surface area contributed by atoms with Gasteiger partial charge in [-0.2, -0.15) is 0 Å². The number of hydrogen-bond donors (Lipinski definition) is 4. The van der Waals surface area contributed by atoms with Gasteiger partial charge in [0.25, 0.3) is 0 Å². The minimum Gasteiger partial charge on any atom is -0.378 e. The van der Waals surface area contributed by atoms with Crippen molar-refractivity contribution in [3.8, 4) is 0 Å². The van der Waals surface area contributed by atoms with Gasteiger partial charge >= 0.3 is 0 Å². The van der Waals surface area contributed by atoms with E-state index in [1.165, 1.54) is 16.7 Å². The predicted octanol–water partition coefficient (Wildman–Crippen LogP) is 2.68. The van der Waals surface area contributed by atoms with E-state index >= 15 is 0 Å². The number of nitrogens with zero attached hydrogens (tertiary/aromatic N) is 2. The zero-order valence-electron chi connectivity index (χ0n) is 18.1. The number of hydrogen-bond acceptors (Lipinski definition) is 5. The lowest BCUT2D eigenvalue weighted by atomic mass is 10.0. The van der Waals surface area contributed by atoms with Gasteiger partial charge in [-0.3, -0.25) is 4.79 Å². The van der Waals surface area contributed by atoms with Crippen LogP contribution in [0.2, 0.25) is 0 Å². The number of pyridine rings is 1. The van der Waals surface area contributed by atoms with Gasteiger partial charge in [0.2, 0.25) is 5.91 Å². The number of rotatable bonds is 5. The highest BCUT2D eigenvalue weighted by atomic mass is 16.2. The van der Waals surface area contributed by atoms with Gasteiger partial charge in [-0.05, 0) is 50.5 Å². The van der Waals surface area contributed by atoms with Gasteiger partial charge in [0, 0.05) is 38.1 Å². The Balaban J connectivity index is 1.64. The molecule has 7 heteroatoms. The summed E-state index contributed by atoms with van der Waals surface area (Å²) in [7, 11) is 0. The molecule has 1 aliphatic rings. The van der Waals surface area contributed by atoms with Crippen molar-refractivity contribution in [1.82, 2.24) is 20.0 Å². The molecule has 1 aliphatic heterocycles.